The number of rotatable bonds is 12. The van der Waals surface area contributed by atoms with E-state index in [2.05, 4.69) is 51.9 Å². The summed E-state index contributed by atoms with van der Waals surface area (Å²) in [6.45, 7) is 15.4. The summed E-state index contributed by atoms with van der Waals surface area (Å²) in [6, 6.07) is 0.706. The molecule has 0 radical (unpaired) electrons. The molecule has 0 fully saturated rings. The molecule has 0 aromatic carbocycles. The van der Waals surface area contributed by atoms with Gasteiger partial charge in [0.05, 0.1) is 0 Å². The largest absolute Gasteiger partial charge is 0.317 e. The molecule has 0 saturated carbocycles. The first-order chi connectivity index (χ1) is 8.99. The molecular formula is C17H38N2. The van der Waals surface area contributed by atoms with E-state index in [1.165, 1.54) is 51.7 Å². The van der Waals surface area contributed by atoms with Gasteiger partial charge in [-0.2, -0.15) is 0 Å². The zero-order valence-corrected chi connectivity index (χ0v) is 14.3. The van der Waals surface area contributed by atoms with E-state index in [1.54, 1.807) is 0 Å². The molecule has 0 spiro atoms. The first-order valence-corrected chi connectivity index (χ1v) is 8.39. The molecule has 2 heteroatoms. The molecular weight excluding hydrogens is 232 g/mol. The Morgan fingerprint density at radius 2 is 1.37 bits per heavy atom. The standard InChI is InChI=1S/C17H38N2/c1-7-17(18-6)9-8-12-19(13-10-15(2)3)14-11-16(4)5/h15-18H,7-14H2,1-6H3. The molecule has 1 unspecified atom stereocenters. The van der Waals surface area contributed by atoms with Crippen LogP contribution in [0.3, 0.4) is 0 Å². The van der Waals surface area contributed by atoms with Crippen molar-refractivity contribution in [2.24, 2.45) is 11.8 Å². The normalized spacial score (nSPS) is 13.7. The fourth-order valence-corrected chi connectivity index (χ4v) is 2.33. The van der Waals surface area contributed by atoms with Gasteiger partial charge >= 0.3 is 0 Å². The Balaban J connectivity index is 3.95. The van der Waals surface area contributed by atoms with Crippen LogP contribution in [0.2, 0.25) is 0 Å². The van der Waals surface area contributed by atoms with Crippen molar-refractivity contribution < 1.29 is 0 Å². The van der Waals surface area contributed by atoms with Crippen LogP contribution in [-0.4, -0.2) is 37.6 Å². The third kappa shape index (κ3) is 11.4. The molecule has 0 aliphatic heterocycles. The molecule has 0 rings (SSSR count). The summed E-state index contributed by atoms with van der Waals surface area (Å²) < 4.78 is 0. The van der Waals surface area contributed by atoms with Gasteiger partial charge in [0, 0.05) is 6.04 Å². The third-order valence-corrected chi connectivity index (χ3v) is 3.97. The lowest BCUT2D eigenvalue weighted by atomic mass is 10.1. The maximum absolute atomic E-state index is 3.41. The zero-order chi connectivity index (χ0) is 14.7. The van der Waals surface area contributed by atoms with Crippen LogP contribution in [-0.2, 0) is 0 Å². The fraction of sp³-hybridized carbons (Fsp3) is 1.00. The van der Waals surface area contributed by atoms with E-state index in [1.807, 2.05) is 0 Å². The first-order valence-electron chi connectivity index (χ1n) is 8.39. The monoisotopic (exact) mass is 270 g/mol. The van der Waals surface area contributed by atoms with Crippen molar-refractivity contribution in [1.29, 1.82) is 0 Å². The van der Waals surface area contributed by atoms with Crippen LogP contribution in [0, 0.1) is 11.8 Å². The van der Waals surface area contributed by atoms with Gasteiger partial charge in [0.25, 0.3) is 0 Å². The molecule has 0 aliphatic rings. The number of nitrogens with one attached hydrogen (secondary N) is 1. The van der Waals surface area contributed by atoms with Crippen molar-refractivity contribution in [3.8, 4) is 0 Å². The first kappa shape index (κ1) is 18.9. The molecule has 1 atom stereocenters. The predicted octanol–water partition coefficient (Wildman–Crippen LogP) is 4.16. The number of hydrogen-bond donors (Lipinski definition) is 1. The van der Waals surface area contributed by atoms with Gasteiger partial charge < -0.3 is 10.2 Å². The highest BCUT2D eigenvalue weighted by Crippen LogP contribution is 2.09. The summed E-state index contributed by atoms with van der Waals surface area (Å²) in [5.41, 5.74) is 0. The average Bonchev–Trinajstić information content (AvgIpc) is 2.36. The van der Waals surface area contributed by atoms with E-state index < -0.39 is 0 Å². The second kappa shape index (κ2) is 11.7. The van der Waals surface area contributed by atoms with Crippen LogP contribution in [0.4, 0.5) is 0 Å². The van der Waals surface area contributed by atoms with Gasteiger partial charge in [-0.25, -0.2) is 0 Å². The molecule has 1 N–H and O–H groups in total. The summed E-state index contributed by atoms with van der Waals surface area (Å²) in [5, 5.41) is 3.41. The molecule has 0 heterocycles. The average molecular weight is 271 g/mol. The van der Waals surface area contributed by atoms with E-state index in [-0.39, 0.29) is 0 Å². The van der Waals surface area contributed by atoms with Crippen LogP contribution in [0.5, 0.6) is 0 Å². The molecule has 0 aliphatic carbocycles. The molecule has 0 saturated heterocycles. The van der Waals surface area contributed by atoms with Crippen LogP contribution in [0.1, 0.15) is 66.7 Å². The minimum absolute atomic E-state index is 0.706. The molecule has 2 nitrogen and oxygen atoms in total. The van der Waals surface area contributed by atoms with Crippen molar-refractivity contribution >= 4 is 0 Å². The second-order valence-electron chi connectivity index (χ2n) is 6.74. The van der Waals surface area contributed by atoms with Crippen molar-refractivity contribution in [2.75, 3.05) is 26.7 Å². The van der Waals surface area contributed by atoms with Crippen LogP contribution in [0.25, 0.3) is 0 Å². The molecule has 0 aromatic heterocycles. The Hall–Kier alpha value is -0.0800. The predicted molar refractivity (Wildman–Crippen MR) is 87.7 cm³/mol. The van der Waals surface area contributed by atoms with Gasteiger partial charge in [-0.15, -0.1) is 0 Å². The maximum Gasteiger partial charge on any atom is 0.00619 e. The topological polar surface area (TPSA) is 15.3 Å². The highest BCUT2D eigenvalue weighted by molar-refractivity contribution is 4.66. The minimum atomic E-state index is 0.706. The van der Waals surface area contributed by atoms with E-state index >= 15 is 0 Å². The van der Waals surface area contributed by atoms with Crippen LogP contribution < -0.4 is 5.32 Å². The van der Waals surface area contributed by atoms with E-state index in [9.17, 15) is 0 Å². The zero-order valence-electron chi connectivity index (χ0n) is 14.3. The van der Waals surface area contributed by atoms with Crippen LogP contribution in [0.15, 0.2) is 0 Å². The van der Waals surface area contributed by atoms with Gasteiger partial charge in [-0.05, 0) is 70.6 Å². The molecule has 0 amide bonds. The highest BCUT2D eigenvalue weighted by atomic mass is 15.1. The molecule has 19 heavy (non-hydrogen) atoms. The summed E-state index contributed by atoms with van der Waals surface area (Å²) in [6.07, 6.45) is 6.56. The van der Waals surface area contributed by atoms with Crippen molar-refractivity contribution in [1.82, 2.24) is 10.2 Å². The lowest BCUT2D eigenvalue weighted by molar-refractivity contribution is 0.235. The Kier molecular flexibility index (Phi) is 11.7. The number of nitrogens with zero attached hydrogens (tertiary/aromatic N) is 1. The van der Waals surface area contributed by atoms with E-state index in [0.29, 0.717) is 6.04 Å². The molecule has 116 valence electrons. The summed E-state index contributed by atoms with van der Waals surface area (Å²) >= 11 is 0. The van der Waals surface area contributed by atoms with Crippen molar-refractivity contribution in [3.63, 3.8) is 0 Å². The van der Waals surface area contributed by atoms with Crippen molar-refractivity contribution in [2.45, 2.75) is 72.8 Å². The van der Waals surface area contributed by atoms with E-state index in [4.69, 9.17) is 0 Å². The van der Waals surface area contributed by atoms with Gasteiger partial charge in [-0.3, -0.25) is 0 Å². The third-order valence-electron chi connectivity index (χ3n) is 3.97. The Labute approximate surface area is 122 Å². The summed E-state index contributed by atoms with van der Waals surface area (Å²) in [4.78, 5) is 2.68. The van der Waals surface area contributed by atoms with Crippen LogP contribution >= 0.6 is 0 Å². The SMILES string of the molecule is CCC(CCCN(CCC(C)C)CCC(C)C)NC. The Morgan fingerprint density at radius 3 is 1.74 bits per heavy atom. The smallest absolute Gasteiger partial charge is 0.00619 e. The van der Waals surface area contributed by atoms with Gasteiger partial charge in [0.15, 0.2) is 0 Å². The molecule has 0 bridgehead atoms. The van der Waals surface area contributed by atoms with Gasteiger partial charge in [-0.1, -0.05) is 34.6 Å². The van der Waals surface area contributed by atoms with E-state index in [0.717, 1.165) is 11.8 Å². The Bertz CT molecular complexity index is 174. The minimum Gasteiger partial charge on any atom is -0.317 e. The summed E-state index contributed by atoms with van der Waals surface area (Å²) in [7, 11) is 2.09. The lowest BCUT2D eigenvalue weighted by Gasteiger charge is -2.25. The fourth-order valence-electron chi connectivity index (χ4n) is 2.33. The lowest BCUT2D eigenvalue weighted by Crippen LogP contribution is -2.31. The molecule has 0 aromatic rings. The summed E-state index contributed by atoms with van der Waals surface area (Å²) in [5.74, 6) is 1.64. The number of hydrogen-bond acceptors (Lipinski definition) is 2. The highest BCUT2D eigenvalue weighted by Gasteiger charge is 2.09. The van der Waals surface area contributed by atoms with Gasteiger partial charge in [0.1, 0.15) is 0 Å². The quantitative estimate of drug-likeness (QED) is 0.573. The van der Waals surface area contributed by atoms with Gasteiger partial charge in [0.2, 0.25) is 0 Å². The Morgan fingerprint density at radius 1 is 0.842 bits per heavy atom. The van der Waals surface area contributed by atoms with Crippen molar-refractivity contribution in [3.05, 3.63) is 0 Å². The second-order valence-corrected chi connectivity index (χ2v) is 6.74. The maximum atomic E-state index is 3.41.